The number of rotatable bonds is 8. The maximum absolute atomic E-state index is 9.35. The van der Waals surface area contributed by atoms with Crippen LogP contribution in [0.5, 0.6) is 0 Å². The third-order valence-corrected chi connectivity index (χ3v) is 1.69. The Kier molecular flexibility index (Phi) is 8.40. The molecule has 0 rings (SSSR count). The van der Waals surface area contributed by atoms with Gasteiger partial charge in [0.05, 0.1) is 0 Å². The summed E-state index contributed by atoms with van der Waals surface area (Å²) in [5.41, 5.74) is 0. The fourth-order valence-corrected chi connectivity index (χ4v) is 0.993. The van der Waals surface area contributed by atoms with Gasteiger partial charge in [-0.05, 0) is 19.3 Å². The Labute approximate surface area is 81.0 Å². The van der Waals surface area contributed by atoms with Crippen LogP contribution in [0, 0.1) is 0 Å². The SMILES string of the molecule is CCCOC(CC)OC(O)CCC. The largest absolute Gasteiger partial charge is 0.368 e. The maximum atomic E-state index is 9.35. The molecule has 0 saturated heterocycles. The molecule has 3 nitrogen and oxygen atoms in total. The summed E-state index contributed by atoms with van der Waals surface area (Å²) >= 11 is 0. The molecule has 0 aromatic carbocycles. The van der Waals surface area contributed by atoms with Gasteiger partial charge in [-0.15, -0.1) is 0 Å². The third kappa shape index (κ3) is 6.99. The van der Waals surface area contributed by atoms with Crippen molar-refractivity contribution in [2.75, 3.05) is 6.61 Å². The summed E-state index contributed by atoms with van der Waals surface area (Å²) in [5.74, 6) is 0. The molecule has 0 aliphatic rings. The lowest BCUT2D eigenvalue weighted by Crippen LogP contribution is -2.24. The number of hydrogen-bond donors (Lipinski definition) is 1. The Hall–Kier alpha value is -0.120. The fraction of sp³-hybridized carbons (Fsp3) is 1.00. The van der Waals surface area contributed by atoms with Crippen LogP contribution in [0.2, 0.25) is 0 Å². The van der Waals surface area contributed by atoms with Gasteiger partial charge in [0.25, 0.3) is 0 Å². The molecule has 2 unspecified atom stereocenters. The van der Waals surface area contributed by atoms with Gasteiger partial charge in [0.15, 0.2) is 12.6 Å². The number of aliphatic hydroxyl groups excluding tert-OH is 1. The van der Waals surface area contributed by atoms with Crippen LogP contribution in [0.25, 0.3) is 0 Å². The molecule has 80 valence electrons. The van der Waals surface area contributed by atoms with Crippen LogP contribution < -0.4 is 0 Å². The van der Waals surface area contributed by atoms with E-state index in [-0.39, 0.29) is 6.29 Å². The van der Waals surface area contributed by atoms with Crippen molar-refractivity contribution in [1.29, 1.82) is 0 Å². The normalized spacial score (nSPS) is 15.7. The average molecular weight is 190 g/mol. The monoisotopic (exact) mass is 190 g/mol. The molecule has 0 amide bonds. The third-order valence-electron chi connectivity index (χ3n) is 1.69. The molecule has 13 heavy (non-hydrogen) atoms. The predicted octanol–water partition coefficient (Wildman–Crippen LogP) is 2.28. The van der Waals surface area contributed by atoms with Crippen molar-refractivity contribution in [3.05, 3.63) is 0 Å². The lowest BCUT2D eigenvalue weighted by Gasteiger charge is -2.20. The van der Waals surface area contributed by atoms with Crippen LogP contribution in [0.3, 0.4) is 0 Å². The van der Waals surface area contributed by atoms with Crippen molar-refractivity contribution in [3.63, 3.8) is 0 Å². The minimum absolute atomic E-state index is 0.249. The zero-order valence-electron chi connectivity index (χ0n) is 8.95. The van der Waals surface area contributed by atoms with Crippen LogP contribution >= 0.6 is 0 Å². The Balaban J connectivity index is 3.56. The molecule has 2 atom stereocenters. The first-order valence-electron chi connectivity index (χ1n) is 5.19. The zero-order valence-corrected chi connectivity index (χ0v) is 8.95. The van der Waals surface area contributed by atoms with E-state index < -0.39 is 6.29 Å². The van der Waals surface area contributed by atoms with E-state index in [0.29, 0.717) is 13.0 Å². The van der Waals surface area contributed by atoms with E-state index in [1.165, 1.54) is 0 Å². The summed E-state index contributed by atoms with van der Waals surface area (Å²) in [6.07, 6.45) is 2.43. The predicted molar refractivity (Wildman–Crippen MR) is 52.3 cm³/mol. The summed E-state index contributed by atoms with van der Waals surface area (Å²) in [6, 6.07) is 0. The highest BCUT2D eigenvalue weighted by Crippen LogP contribution is 2.07. The molecule has 0 bridgehead atoms. The second-order valence-corrected chi connectivity index (χ2v) is 3.09. The molecule has 0 spiro atoms. The van der Waals surface area contributed by atoms with Crippen molar-refractivity contribution in [2.24, 2.45) is 0 Å². The Morgan fingerprint density at radius 2 is 1.85 bits per heavy atom. The van der Waals surface area contributed by atoms with Crippen molar-refractivity contribution in [1.82, 2.24) is 0 Å². The van der Waals surface area contributed by atoms with E-state index in [1.807, 2.05) is 13.8 Å². The Morgan fingerprint density at radius 1 is 1.15 bits per heavy atom. The minimum atomic E-state index is -0.674. The van der Waals surface area contributed by atoms with E-state index in [9.17, 15) is 5.11 Å². The van der Waals surface area contributed by atoms with Crippen molar-refractivity contribution in [3.8, 4) is 0 Å². The first kappa shape index (κ1) is 12.9. The van der Waals surface area contributed by atoms with Gasteiger partial charge < -0.3 is 14.6 Å². The average Bonchev–Trinajstić information content (AvgIpc) is 2.12. The molecule has 0 aliphatic carbocycles. The second kappa shape index (κ2) is 8.48. The standard InChI is InChI=1S/C10H22O3/c1-4-7-9(11)13-10(6-3)12-8-5-2/h9-11H,4-8H2,1-3H3. The van der Waals surface area contributed by atoms with E-state index >= 15 is 0 Å². The molecular weight excluding hydrogens is 168 g/mol. The van der Waals surface area contributed by atoms with Crippen LogP contribution in [0.4, 0.5) is 0 Å². The molecule has 0 radical (unpaired) electrons. The fourth-order valence-electron chi connectivity index (χ4n) is 0.993. The van der Waals surface area contributed by atoms with Gasteiger partial charge in [-0.1, -0.05) is 27.2 Å². The topological polar surface area (TPSA) is 38.7 Å². The smallest absolute Gasteiger partial charge is 0.160 e. The lowest BCUT2D eigenvalue weighted by molar-refractivity contribution is -0.230. The molecule has 0 aromatic rings. The highest BCUT2D eigenvalue weighted by atomic mass is 16.7. The summed E-state index contributed by atoms with van der Waals surface area (Å²) in [6.45, 7) is 6.74. The van der Waals surface area contributed by atoms with Crippen LogP contribution in [0.1, 0.15) is 46.5 Å². The quantitative estimate of drug-likeness (QED) is 0.597. The van der Waals surface area contributed by atoms with E-state index in [1.54, 1.807) is 0 Å². The second-order valence-electron chi connectivity index (χ2n) is 3.09. The van der Waals surface area contributed by atoms with Crippen molar-refractivity contribution >= 4 is 0 Å². The zero-order chi connectivity index (χ0) is 10.1. The Morgan fingerprint density at radius 3 is 2.31 bits per heavy atom. The van der Waals surface area contributed by atoms with Gasteiger partial charge in [0.1, 0.15) is 0 Å². The van der Waals surface area contributed by atoms with Gasteiger partial charge in [-0.25, -0.2) is 0 Å². The summed E-state index contributed by atoms with van der Waals surface area (Å²) in [4.78, 5) is 0. The highest BCUT2D eigenvalue weighted by molar-refractivity contribution is 4.45. The molecule has 1 N–H and O–H groups in total. The Bertz CT molecular complexity index is 106. The summed E-state index contributed by atoms with van der Waals surface area (Å²) in [5, 5.41) is 9.35. The lowest BCUT2D eigenvalue weighted by atomic mass is 10.3. The molecular formula is C10H22O3. The molecule has 3 heteroatoms. The van der Waals surface area contributed by atoms with Crippen LogP contribution in [-0.2, 0) is 9.47 Å². The first-order valence-corrected chi connectivity index (χ1v) is 5.19. The number of aliphatic hydroxyl groups is 1. The molecule has 0 fully saturated rings. The van der Waals surface area contributed by atoms with Gasteiger partial charge in [0, 0.05) is 6.61 Å². The summed E-state index contributed by atoms with van der Waals surface area (Å²) in [7, 11) is 0. The van der Waals surface area contributed by atoms with E-state index in [4.69, 9.17) is 9.47 Å². The summed E-state index contributed by atoms with van der Waals surface area (Å²) < 4.78 is 10.7. The van der Waals surface area contributed by atoms with Crippen molar-refractivity contribution < 1.29 is 14.6 Å². The molecule has 0 heterocycles. The molecule has 0 saturated carbocycles. The van der Waals surface area contributed by atoms with Crippen LogP contribution in [0.15, 0.2) is 0 Å². The van der Waals surface area contributed by atoms with Gasteiger partial charge in [-0.2, -0.15) is 0 Å². The van der Waals surface area contributed by atoms with E-state index in [2.05, 4.69) is 6.92 Å². The van der Waals surface area contributed by atoms with Gasteiger partial charge >= 0.3 is 0 Å². The molecule has 0 aromatic heterocycles. The van der Waals surface area contributed by atoms with Crippen LogP contribution in [-0.4, -0.2) is 24.3 Å². The number of hydrogen-bond acceptors (Lipinski definition) is 3. The van der Waals surface area contributed by atoms with Gasteiger partial charge in [-0.3, -0.25) is 0 Å². The van der Waals surface area contributed by atoms with E-state index in [0.717, 1.165) is 19.3 Å². The van der Waals surface area contributed by atoms with Crippen molar-refractivity contribution in [2.45, 2.75) is 59.0 Å². The minimum Gasteiger partial charge on any atom is -0.368 e. The molecule has 0 aliphatic heterocycles. The first-order chi connectivity index (χ1) is 6.24. The highest BCUT2D eigenvalue weighted by Gasteiger charge is 2.11. The number of ether oxygens (including phenoxy) is 2. The van der Waals surface area contributed by atoms with Gasteiger partial charge in [0.2, 0.25) is 0 Å². The maximum Gasteiger partial charge on any atom is 0.160 e.